The third-order valence-corrected chi connectivity index (χ3v) is 6.59. The maximum atomic E-state index is 12.0. The maximum Gasteiger partial charge on any atom is 0.133 e. The number of fused-ring (bicyclic) bond motifs is 1. The van der Waals surface area contributed by atoms with Crippen LogP contribution in [0.2, 0.25) is 0 Å². The molecule has 0 N–H and O–H groups in total. The van der Waals surface area contributed by atoms with E-state index in [0.29, 0.717) is 22.5 Å². The van der Waals surface area contributed by atoms with Crippen LogP contribution in [0.15, 0.2) is 0 Å². The molecule has 2 bridgehead atoms. The van der Waals surface area contributed by atoms with Gasteiger partial charge < -0.3 is 0 Å². The summed E-state index contributed by atoms with van der Waals surface area (Å²) < 4.78 is 0. The van der Waals surface area contributed by atoms with Crippen molar-refractivity contribution in [3.63, 3.8) is 0 Å². The summed E-state index contributed by atoms with van der Waals surface area (Å²) in [6.07, 6.45) is 5.87. The van der Waals surface area contributed by atoms with Gasteiger partial charge in [0.05, 0.1) is 0 Å². The van der Waals surface area contributed by atoms with Crippen molar-refractivity contribution in [1.29, 1.82) is 0 Å². The van der Waals surface area contributed by atoms with Crippen LogP contribution in [-0.2, 0) is 4.79 Å². The first-order valence-electron chi connectivity index (χ1n) is 6.81. The first-order valence-corrected chi connectivity index (χ1v) is 6.81. The summed E-state index contributed by atoms with van der Waals surface area (Å²) in [5, 5.41) is 0. The van der Waals surface area contributed by atoms with E-state index in [1.807, 2.05) is 0 Å². The minimum Gasteiger partial charge on any atom is -0.300 e. The van der Waals surface area contributed by atoms with Gasteiger partial charge in [0.15, 0.2) is 0 Å². The summed E-state index contributed by atoms with van der Waals surface area (Å²) in [4.78, 5) is 12.0. The van der Waals surface area contributed by atoms with Gasteiger partial charge in [0.25, 0.3) is 0 Å². The first-order chi connectivity index (χ1) is 7.30. The van der Waals surface area contributed by atoms with E-state index in [1.165, 1.54) is 19.3 Å². The molecule has 1 spiro atoms. The Bertz CT molecular complexity index is 352. The van der Waals surface area contributed by atoms with Gasteiger partial charge in [-0.05, 0) is 47.3 Å². The van der Waals surface area contributed by atoms with Crippen LogP contribution in [0.1, 0.15) is 59.8 Å². The standard InChI is InChI=1S/C15H24O/c1-13(2)9-11(16)7-12-14(3,4)10-5-6-15(12,13)8-10/h10,12H,5-9H2,1-4H3/t10-,12+,15-/m0/s1. The highest BCUT2D eigenvalue weighted by molar-refractivity contribution is 5.81. The lowest BCUT2D eigenvalue weighted by Gasteiger charge is -2.55. The van der Waals surface area contributed by atoms with E-state index >= 15 is 0 Å². The number of hydrogen-bond donors (Lipinski definition) is 0. The largest absolute Gasteiger partial charge is 0.300 e. The SMILES string of the molecule is CC1(C)[C@H]2CC[C@]3(C2)[C@@H]1CC(=O)CC3(C)C. The van der Waals surface area contributed by atoms with E-state index < -0.39 is 0 Å². The van der Waals surface area contributed by atoms with Crippen molar-refractivity contribution in [3.05, 3.63) is 0 Å². The van der Waals surface area contributed by atoms with Gasteiger partial charge in [0.2, 0.25) is 0 Å². The second-order valence-electron chi connectivity index (χ2n) is 7.77. The summed E-state index contributed by atoms with van der Waals surface area (Å²) in [5.74, 6) is 2.05. The van der Waals surface area contributed by atoms with Gasteiger partial charge in [-0.25, -0.2) is 0 Å². The fourth-order valence-electron chi connectivity index (χ4n) is 5.54. The highest BCUT2D eigenvalue weighted by atomic mass is 16.1. The van der Waals surface area contributed by atoms with E-state index in [0.717, 1.165) is 18.8 Å². The van der Waals surface area contributed by atoms with Gasteiger partial charge in [0.1, 0.15) is 5.78 Å². The molecule has 0 unspecified atom stereocenters. The number of ketones is 1. The average Bonchev–Trinajstić information content (AvgIpc) is 2.63. The molecule has 0 aromatic carbocycles. The van der Waals surface area contributed by atoms with Crippen LogP contribution in [0.3, 0.4) is 0 Å². The second-order valence-corrected chi connectivity index (χ2v) is 7.77. The fourth-order valence-corrected chi connectivity index (χ4v) is 5.54. The minimum atomic E-state index is 0.246. The van der Waals surface area contributed by atoms with Crippen LogP contribution in [0.5, 0.6) is 0 Å². The summed E-state index contributed by atoms with van der Waals surface area (Å²) in [6.45, 7) is 9.53. The molecule has 0 aliphatic heterocycles. The molecule has 0 aromatic rings. The number of hydrogen-bond acceptors (Lipinski definition) is 1. The molecule has 0 amide bonds. The molecule has 1 heteroatoms. The lowest BCUT2D eigenvalue weighted by molar-refractivity contribution is -0.139. The lowest BCUT2D eigenvalue weighted by Crippen LogP contribution is -2.50. The number of Topliss-reactive ketones (excluding diaryl/α,β-unsaturated/α-hetero) is 1. The summed E-state index contributed by atoms with van der Waals surface area (Å²) in [6, 6.07) is 0. The van der Waals surface area contributed by atoms with Crippen LogP contribution in [-0.4, -0.2) is 5.78 Å². The Hall–Kier alpha value is -0.330. The number of rotatable bonds is 0. The Morgan fingerprint density at radius 3 is 2.56 bits per heavy atom. The molecule has 3 aliphatic carbocycles. The first kappa shape index (κ1) is 10.8. The maximum absolute atomic E-state index is 12.0. The Balaban J connectivity index is 2.10. The Labute approximate surface area is 99.0 Å². The van der Waals surface area contributed by atoms with Gasteiger partial charge in [-0.3, -0.25) is 4.79 Å². The molecule has 0 aromatic heterocycles. The Kier molecular flexibility index (Phi) is 1.85. The topological polar surface area (TPSA) is 17.1 Å². The van der Waals surface area contributed by atoms with Gasteiger partial charge in [-0.15, -0.1) is 0 Å². The van der Waals surface area contributed by atoms with Crippen LogP contribution in [0, 0.1) is 28.1 Å². The highest BCUT2D eigenvalue weighted by Crippen LogP contribution is 2.74. The van der Waals surface area contributed by atoms with E-state index in [9.17, 15) is 4.79 Å². The third-order valence-electron chi connectivity index (χ3n) is 6.59. The normalized spacial score (nSPS) is 48.1. The van der Waals surface area contributed by atoms with Crippen molar-refractivity contribution in [3.8, 4) is 0 Å². The van der Waals surface area contributed by atoms with Gasteiger partial charge in [0, 0.05) is 12.8 Å². The predicted octanol–water partition coefficient (Wildman–Crippen LogP) is 3.82. The smallest absolute Gasteiger partial charge is 0.133 e. The highest BCUT2D eigenvalue weighted by Gasteiger charge is 2.68. The van der Waals surface area contributed by atoms with Gasteiger partial charge in [-0.2, -0.15) is 0 Å². The second kappa shape index (κ2) is 2.73. The van der Waals surface area contributed by atoms with Gasteiger partial charge >= 0.3 is 0 Å². The molecule has 3 fully saturated rings. The van der Waals surface area contributed by atoms with Crippen molar-refractivity contribution < 1.29 is 4.79 Å². The lowest BCUT2D eigenvalue weighted by atomic mass is 9.49. The Morgan fingerprint density at radius 2 is 1.88 bits per heavy atom. The third kappa shape index (κ3) is 1.01. The van der Waals surface area contributed by atoms with Crippen LogP contribution < -0.4 is 0 Å². The monoisotopic (exact) mass is 220 g/mol. The molecule has 90 valence electrons. The average molecular weight is 220 g/mol. The zero-order valence-corrected chi connectivity index (χ0v) is 11.1. The van der Waals surface area contributed by atoms with Crippen molar-refractivity contribution in [2.24, 2.45) is 28.1 Å². The van der Waals surface area contributed by atoms with Crippen molar-refractivity contribution in [2.45, 2.75) is 59.8 Å². The number of carbonyl (C=O) groups excluding carboxylic acids is 1. The molecular weight excluding hydrogens is 196 g/mol. The molecular formula is C15H24O. The van der Waals surface area contributed by atoms with Gasteiger partial charge in [-0.1, -0.05) is 27.7 Å². The fraction of sp³-hybridized carbons (Fsp3) is 0.933. The van der Waals surface area contributed by atoms with Crippen LogP contribution in [0.4, 0.5) is 0 Å². The molecule has 1 nitrogen and oxygen atoms in total. The van der Waals surface area contributed by atoms with E-state index in [2.05, 4.69) is 27.7 Å². The summed E-state index contributed by atoms with van der Waals surface area (Å²) in [7, 11) is 0. The van der Waals surface area contributed by atoms with Crippen LogP contribution in [0.25, 0.3) is 0 Å². The molecule has 0 heterocycles. The molecule has 16 heavy (non-hydrogen) atoms. The van der Waals surface area contributed by atoms with E-state index in [-0.39, 0.29) is 5.41 Å². The number of carbonyl (C=O) groups is 1. The molecule has 0 saturated heterocycles. The summed E-state index contributed by atoms with van der Waals surface area (Å²) in [5.41, 5.74) is 1.15. The van der Waals surface area contributed by atoms with Crippen molar-refractivity contribution in [2.75, 3.05) is 0 Å². The van der Waals surface area contributed by atoms with Crippen molar-refractivity contribution >= 4 is 5.78 Å². The Morgan fingerprint density at radius 1 is 1.19 bits per heavy atom. The molecule has 0 radical (unpaired) electrons. The zero-order valence-electron chi connectivity index (χ0n) is 11.1. The quantitative estimate of drug-likeness (QED) is 0.606. The molecule has 3 saturated carbocycles. The van der Waals surface area contributed by atoms with Crippen molar-refractivity contribution in [1.82, 2.24) is 0 Å². The molecule has 3 aliphatic rings. The molecule has 3 atom stereocenters. The molecule has 3 rings (SSSR count). The van der Waals surface area contributed by atoms with E-state index in [1.54, 1.807) is 0 Å². The zero-order chi connectivity index (χ0) is 11.8. The summed E-state index contributed by atoms with van der Waals surface area (Å²) >= 11 is 0. The van der Waals surface area contributed by atoms with E-state index in [4.69, 9.17) is 0 Å². The predicted molar refractivity (Wildman–Crippen MR) is 65.1 cm³/mol. The minimum absolute atomic E-state index is 0.246. The van der Waals surface area contributed by atoms with Crippen LogP contribution >= 0.6 is 0 Å².